The van der Waals surface area contributed by atoms with Gasteiger partial charge in [0.05, 0.1) is 7.11 Å². The van der Waals surface area contributed by atoms with E-state index in [-0.39, 0.29) is 0 Å². The molecular weight excluding hydrogens is 366 g/mol. The van der Waals surface area contributed by atoms with Gasteiger partial charge in [-0.05, 0) is 43.5 Å². The van der Waals surface area contributed by atoms with Crippen LogP contribution in [0.2, 0.25) is 0 Å². The predicted octanol–water partition coefficient (Wildman–Crippen LogP) is 5.23. The number of halogens is 1. The maximum Gasteiger partial charge on any atom is 0.167 e. The summed E-state index contributed by atoms with van der Waals surface area (Å²) in [6, 6.07) is 12.7. The fourth-order valence-electron chi connectivity index (χ4n) is 2.41. The zero-order chi connectivity index (χ0) is 17.5. The van der Waals surface area contributed by atoms with Crippen molar-refractivity contribution in [1.82, 2.24) is 5.32 Å². The molecule has 1 N–H and O–H groups in total. The summed E-state index contributed by atoms with van der Waals surface area (Å²) < 4.78 is 12.7. The summed E-state index contributed by atoms with van der Waals surface area (Å²) in [6.07, 6.45) is 1.08. The number of benzene rings is 2. The largest absolute Gasteiger partial charge is 0.493 e. The third-order valence-corrected chi connectivity index (χ3v) is 5.00. The van der Waals surface area contributed by atoms with E-state index in [1.165, 1.54) is 11.1 Å². The van der Waals surface area contributed by atoms with Crippen molar-refractivity contribution < 1.29 is 9.47 Å². The molecule has 1 unspecified atom stereocenters. The van der Waals surface area contributed by atoms with Crippen molar-refractivity contribution >= 4 is 15.9 Å². The Morgan fingerprint density at radius 1 is 1.17 bits per heavy atom. The minimum Gasteiger partial charge on any atom is -0.493 e. The maximum atomic E-state index is 6.18. The topological polar surface area (TPSA) is 30.5 Å². The summed E-state index contributed by atoms with van der Waals surface area (Å²) in [4.78, 5) is 0. The number of aryl methyl sites for hydroxylation is 1. The Hall–Kier alpha value is -1.52. The Balaban J connectivity index is 2.25. The monoisotopic (exact) mass is 391 g/mol. The highest BCUT2D eigenvalue weighted by Crippen LogP contribution is 2.37. The zero-order valence-corrected chi connectivity index (χ0v) is 16.4. The molecule has 2 aromatic rings. The molecule has 2 aromatic carbocycles. The van der Waals surface area contributed by atoms with Crippen molar-refractivity contribution in [3.8, 4) is 11.5 Å². The van der Waals surface area contributed by atoms with E-state index >= 15 is 0 Å². The number of hydrogen-bond acceptors (Lipinski definition) is 3. The van der Waals surface area contributed by atoms with Crippen molar-refractivity contribution in [3.05, 3.63) is 57.6 Å². The highest BCUT2D eigenvalue weighted by Gasteiger charge is 2.15. The van der Waals surface area contributed by atoms with E-state index < -0.39 is 0 Å². The molecular formula is C20H26BrNO2. The van der Waals surface area contributed by atoms with Gasteiger partial charge in [0.15, 0.2) is 11.5 Å². The van der Waals surface area contributed by atoms with E-state index in [9.17, 15) is 0 Å². The smallest absolute Gasteiger partial charge is 0.167 e. The molecule has 0 heterocycles. The van der Waals surface area contributed by atoms with Gasteiger partial charge in [0.1, 0.15) is 6.61 Å². The van der Waals surface area contributed by atoms with Crippen LogP contribution >= 0.6 is 15.9 Å². The molecule has 0 amide bonds. The second kappa shape index (κ2) is 9.09. The summed E-state index contributed by atoms with van der Waals surface area (Å²) >= 11 is 3.65. The summed E-state index contributed by atoms with van der Waals surface area (Å²) in [6.45, 7) is 7.71. The molecule has 0 aliphatic heterocycles. The molecule has 0 aliphatic carbocycles. The summed E-state index contributed by atoms with van der Waals surface area (Å²) in [7, 11) is 1.68. The Morgan fingerprint density at radius 3 is 2.58 bits per heavy atom. The second-order valence-corrected chi connectivity index (χ2v) is 6.82. The molecule has 0 fully saturated rings. The number of hydrogen-bond donors (Lipinski definition) is 1. The van der Waals surface area contributed by atoms with Crippen LogP contribution in [0.5, 0.6) is 11.5 Å². The van der Waals surface area contributed by atoms with Gasteiger partial charge in [-0.1, -0.05) is 47.1 Å². The minimum absolute atomic E-state index is 0.451. The third-order valence-electron chi connectivity index (χ3n) is 4.26. The van der Waals surface area contributed by atoms with Crippen LogP contribution < -0.4 is 14.8 Å². The average Bonchev–Trinajstić information content (AvgIpc) is 2.60. The first kappa shape index (κ1) is 18.8. The van der Waals surface area contributed by atoms with E-state index in [2.05, 4.69) is 54.2 Å². The van der Waals surface area contributed by atoms with Gasteiger partial charge in [0, 0.05) is 22.6 Å². The molecule has 3 nitrogen and oxygen atoms in total. The lowest BCUT2D eigenvalue weighted by atomic mass is 10.1. The van der Waals surface area contributed by atoms with Gasteiger partial charge in [-0.2, -0.15) is 0 Å². The molecule has 0 spiro atoms. The van der Waals surface area contributed by atoms with E-state index in [1.807, 2.05) is 24.3 Å². The van der Waals surface area contributed by atoms with Gasteiger partial charge in [0.2, 0.25) is 0 Å². The standard InChI is InChI=1S/C20H26BrNO2/c1-5-15(3)22-12-17-18(21)10-11-19(23-4)20(17)24-13-16-9-7-6-8-14(16)2/h6-11,15,22H,5,12-13H2,1-4H3. The van der Waals surface area contributed by atoms with Gasteiger partial charge >= 0.3 is 0 Å². The zero-order valence-electron chi connectivity index (χ0n) is 14.9. The molecule has 0 radical (unpaired) electrons. The molecule has 0 aromatic heterocycles. The van der Waals surface area contributed by atoms with Crippen LogP contribution in [-0.4, -0.2) is 13.2 Å². The Labute approximate surface area is 153 Å². The van der Waals surface area contributed by atoms with Crippen LogP contribution in [0.25, 0.3) is 0 Å². The van der Waals surface area contributed by atoms with Crippen molar-refractivity contribution in [3.63, 3.8) is 0 Å². The van der Waals surface area contributed by atoms with Gasteiger partial charge in [-0.15, -0.1) is 0 Å². The maximum absolute atomic E-state index is 6.18. The highest BCUT2D eigenvalue weighted by atomic mass is 79.9. The van der Waals surface area contributed by atoms with Crippen molar-refractivity contribution in [2.24, 2.45) is 0 Å². The number of methoxy groups -OCH3 is 1. The third kappa shape index (κ3) is 4.74. The lowest BCUT2D eigenvalue weighted by Crippen LogP contribution is -2.25. The quantitative estimate of drug-likeness (QED) is 0.667. The SMILES string of the molecule is CCC(C)NCc1c(Br)ccc(OC)c1OCc1ccccc1C. The fourth-order valence-corrected chi connectivity index (χ4v) is 2.86. The molecule has 4 heteroatoms. The summed E-state index contributed by atoms with van der Waals surface area (Å²) in [5, 5.41) is 3.53. The number of rotatable bonds is 8. The Morgan fingerprint density at radius 2 is 1.92 bits per heavy atom. The van der Waals surface area contributed by atoms with Crippen LogP contribution in [0, 0.1) is 6.92 Å². The first-order chi connectivity index (χ1) is 11.6. The lowest BCUT2D eigenvalue weighted by Gasteiger charge is -2.19. The molecule has 24 heavy (non-hydrogen) atoms. The number of ether oxygens (including phenoxy) is 2. The van der Waals surface area contributed by atoms with Crippen LogP contribution in [0.3, 0.4) is 0 Å². The number of nitrogens with one attached hydrogen (secondary N) is 1. The molecule has 1 atom stereocenters. The van der Waals surface area contributed by atoms with E-state index in [4.69, 9.17) is 9.47 Å². The van der Waals surface area contributed by atoms with Crippen molar-refractivity contribution in [2.45, 2.75) is 46.4 Å². The van der Waals surface area contributed by atoms with Gasteiger partial charge in [-0.3, -0.25) is 0 Å². The first-order valence-electron chi connectivity index (χ1n) is 8.32. The van der Waals surface area contributed by atoms with Crippen LogP contribution in [0.15, 0.2) is 40.9 Å². The molecule has 2 rings (SSSR count). The van der Waals surface area contributed by atoms with Gasteiger partial charge in [0.25, 0.3) is 0 Å². The minimum atomic E-state index is 0.451. The predicted molar refractivity (Wildman–Crippen MR) is 103 cm³/mol. The lowest BCUT2D eigenvalue weighted by molar-refractivity contribution is 0.279. The Bertz CT molecular complexity index is 673. The Kier molecular flexibility index (Phi) is 7.13. The van der Waals surface area contributed by atoms with Crippen molar-refractivity contribution in [2.75, 3.05) is 7.11 Å². The molecule has 0 bridgehead atoms. The van der Waals surface area contributed by atoms with E-state index in [0.717, 1.165) is 34.5 Å². The highest BCUT2D eigenvalue weighted by molar-refractivity contribution is 9.10. The molecule has 0 saturated carbocycles. The van der Waals surface area contributed by atoms with E-state index in [1.54, 1.807) is 7.11 Å². The van der Waals surface area contributed by atoms with Crippen molar-refractivity contribution in [1.29, 1.82) is 0 Å². The van der Waals surface area contributed by atoms with Gasteiger partial charge < -0.3 is 14.8 Å². The summed E-state index contributed by atoms with van der Waals surface area (Å²) in [5.74, 6) is 1.55. The fraction of sp³-hybridized carbons (Fsp3) is 0.400. The van der Waals surface area contributed by atoms with Gasteiger partial charge in [-0.25, -0.2) is 0 Å². The van der Waals surface area contributed by atoms with E-state index in [0.29, 0.717) is 12.6 Å². The molecule has 130 valence electrons. The molecule has 0 aliphatic rings. The average molecular weight is 392 g/mol. The van der Waals surface area contributed by atoms with Crippen LogP contribution in [0.1, 0.15) is 37.0 Å². The first-order valence-corrected chi connectivity index (χ1v) is 9.12. The van der Waals surface area contributed by atoms with Crippen LogP contribution in [0.4, 0.5) is 0 Å². The summed E-state index contributed by atoms with van der Waals surface area (Å²) in [5.41, 5.74) is 3.49. The normalized spacial score (nSPS) is 12.0. The molecule has 0 saturated heterocycles. The second-order valence-electron chi connectivity index (χ2n) is 5.96. The van der Waals surface area contributed by atoms with Crippen LogP contribution in [-0.2, 0) is 13.2 Å².